The van der Waals surface area contributed by atoms with E-state index in [4.69, 9.17) is 12.1 Å². The number of benzene rings is 4. The summed E-state index contributed by atoms with van der Waals surface area (Å²) in [6, 6.07) is 35.9. The second-order valence-corrected chi connectivity index (χ2v) is 13.0. The van der Waals surface area contributed by atoms with Gasteiger partial charge in [-0.15, -0.1) is 0 Å². The van der Waals surface area contributed by atoms with E-state index in [0.29, 0.717) is 5.56 Å². The number of fused-ring (bicyclic) bond motifs is 6. The Kier molecular flexibility index (Phi) is 5.68. The average Bonchev–Trinajstić information content (AvgIpc) is 3.58. The summed E-state index contributed by atoms with van der Waals surface area (Å²) in [7, 11) is 2.05. The largest absolute Gasteiger partial charge is 0.455 e. The molecule has 4 aromatic carbocycles. The summed E-state index contributed by atoms with van der Waals surface area (Å²) in [4.78, 5) is 4.72. The molecule has 0 saturated heterocycles. The van der Waals surface area contributed by atoms with Gasteiger partial charge in [-0.3, -0.25) is 4.98 Å². The molecule has 220 valence electrons. The highest BCUT2D eigenvalue weighted by Crippen LogP contribution is 2.41. The summed E-state index contributed by atoms with van der Waals surface area (Å²) >= 11 is 0. The number of furan rings is 1. The molecule has 4 nitrogen and oxygen atoms in total. The minimum Gasteiger partial charge on any atom is -0.455 e. The first kappa shape index (κ1) is 25.1. The van der Waals surface area contributed by atoms with Crippen molar-refractivity contribution >= 4 is 43.7 Å². The van der Waals surface area contributed by atoms with Crippen LogP contribution in [-0.2, 0) is 13.4 Å². The predicted molar refractivity (Wildman–Crippen MR) is 186 cm³/mol. The van der Waals surface area contributed by atoms with Crippen molar-refractivity contribution in [2.75, 3.05) is 0 Å². The lowest BCUT2D eigenvalue weighted by atomic mass is 9.89. The lowest BCUT2D eigenvalue weighted by Gasteiger charge is -2.17. The van der Waals surface area contributed by atoms with E-state index in [1.807, 2.05) is 39.0 Å². The van der Waals surface area contributed by atoms with Crippen LogP contribution in [0.2, 0.25) is 0 Å². The van der Waals surface area contributed by atoms with Gasteiger partial charge in [0.15, 0.2) is 6.20 Å². The van der Waals surface area contributed by atoms with Gasteiger partial charge in [-0.05, 0) is 60.2 Å². The second-order valence-electron chi connectivity index (χ2n) is 13.0. The van der Waals surface area contributed by atoms with Crippen LogP contribution in [0.3, 0.4) is 0 Å². The SMILES string of the molecule is [2H]C([2H])(c1ccc(-c2cc[n+](C)c(-c3c(C)ccc4c3oc3cc5c(cc34)c3ccccc3n5-c3ccccc3)c2)nc1)C(C)(C)C. The predicted octanol–water partition coefficient (Wildman–Crippen LogP) is 10.1. The number of aryl methyl sites for hydroxylation is 2. The molecule has 0 aliphatic heterocycles. The van der Waals surface area contributed by atoms with Crippen LogP contribution in [0.5, 0.6) is 0 Å². The van der Waals surface area contributed by atoms with Crippen molar-refractivity contribution in [1.29, 1.82) is 0 Å². The molecule has 4 heteroatoms. The molecule has 4 aromatic heterocycles. The van der Waals surface area contributed by atoms with E-state index in [-0.39, 0.29) is 0 Å². The minimum absolute atomic E-state index is 0.546. The fraction of sp³-hybridized carbons (Fsp3) is 0.171. The molecule has 0 radical (unpaired) electrons. The van der Waals surface area contributed by atoms with Crippen LogP contribution >= 0.6 is 0 Å². The zero-order valence-electron chi connectivity index (χ0n) is 28.2. The van der Waals surface area contributed by atoms with Gasteiger partial charge in [0.2, 0.25) is 5.69 Å². The fourth-order valence-corrected chi connectivity index (χ4v) is 6.62. The first-order valence-electron chi connectivity index (χ1n) is 16.4. The summed E-state index contributed by atoms with van der Waals surface area (Å²) < 4.78 is 28.6. The highest BCUT2D eigenvalue weighted by Gasteiger charge is 2.23. The Balaban J connectivity index is 1.31. The maximum absolute atomic E-state index is 8.66. The minimum atomic E-state index is -1.50. The van der Waals surface area contributed by atoms with Crippen molar-refractivity contribution < 1.29 is 11.7 Å². The Morgan fingerprint density at radius 1 is 0.800 bits per heavy atom. The summed E-state index contributed by atoms with van der Waals surface area (Å²) in [6.07, 6.45) is 2.23. The van der Waals surface area contributed by atoms with Crippen molar-refractivity contribution in [2.24, 2.45) is 12.5 Å². The Bertz CT molecular complexity index is 2480. The number of hydrogen-bond acceptors (Lipinski definition) is 2. The first-order valence-corrected chi connectivity index (χ1v) is 15.4. The third kappa shape index (κ3) is 4.60. The van der Waals surface area contributed by atoms with Gasteiger partial charge < -0.3 is 8.98 Å². The van der Waals surface area contributed by atoms with E-state index in [9.17, 15) is 0 Å². The zero-order chi connectivity index (χ0) is 32.7. The molecule has 45 heavy (non-hydrogen) atoms. The monoisotopic (exact) mass is 588 g/mol. The zero-order valence-corrected chi connectivity index (χ0v) is 26.2. The highest BCUT2D eigenvalue weighted by molar-refractivity contribution is 6.18. The number of aromatic nitrogens is 3. The van der Waals surface area contributed by atoms with Crippen LogP contribution < -0.4 is 4.57 Å². The van der Waals surface area contributed by atoms with Crippen molar-refractivity contribution in [3.8, 4) is 28.2 Å². The average molecular weight is 589 g/mol. The normalized spacial score (nSPS) is 13.2. The smallest absolute Gasteiger partial charge is 0.217 e. The molecule has 0 amide bonds. The summed E-state index contributed by atoms with van der Waals surface area (Å²) in [5, 5.41) is 4.58. The molecule has 0 aliphatic rings. The van der Waals surface area contributed by atoms with Gasteiger partial charge in [-0.2, -0.15) is 0 Å². The molecular weight excluding hydrogens is 550 g/mol. The Hall–Kier alpha value is -5.22. The molecule has 0 bridgehead atoms. The molecule has 0 atom stereocenters. The number of nitrogens with zero attached hydrogens (tertiary/aromatic N) is 3. The van der Waals surface area contributed by atoms with Crippen LogP contribution in [0.25, 0.3) is 71.9 Å². The van der Waals surface area contributed by atoms with Crippen molar-refractivity contribution in [3.05, 3.63) is 127 Å². The van der Waals surface area contributed by atoms with Crippen LogP contribution in [0, 0.1) is 12.3 Å². The molecule has 0 aliphatic carbocycles. The molecule has 8 aromatic rings. The highest BCUT2D eigenvalue weighted by atomic mass is 16.3. The summed E-state index contributed by atoms with van der Waals surface area (Å²) in [6.45, 7) is 7.87. The molecule has 0 spiro atoms. The molecule has 8 rings (SSSR count). The lowest BCUT2D eigenvalue weighted by molar-refractivity contribution is -0.660. The van der Waals surface area contributed by atoms with Gasteiger partial charge in [0.25, 0.3) is 0 Å². The van der Waals surface area contributed by atoms with E-state index in [0.717, 1.165) is 61.2 Å². The Morgan fingerprint density at radius 2 is 1.60 bits per heavy atom. The number of hydrogen-bond donors (Lipinski definition) is 0. The van der Waals surface area contributed by atoms with E-state index in [1.165, 1.54) is 16.3 Å². The van der Waals surface area contributed by atoms with Gasteiger partial charge >= 0.3 is 0 Å². The van der Waals surface area contributed by atoms with Gasteiger partial charge in [0.1, 0.15) is 18.2 Å². The van der Waals surface area contributed by atoms with Crippen molar-refractivity contribution in [2.45, 2.75) is 34.1 Å². The summed E-state index contributed by atoms with van der Waals surface area (Å²) in [5.74, 6) is 0. The Morgan fingerprint density at radius 3 is 2.38 bits per heavy atom. The van der Waals surface area contributed by atoms with Gasteiger partial charge in [-0.25, -0.2) is 4.57 Å². The Labute approximate surface area is 266 Å². The topological polar surface area (TPSA) is 34.8 Å². The second kappa shape index (κ2) is 10.2. The molecule has 0 fully saturated rings. The van der Waals surface area contributed by atoms with E-state index < -0.39 is 11.8 Å². The van der Waals surface area contributed by atoms with Gasteiger partial charge in [-0.1, -0.05) is 75.4 Å². The molecule has 0 unspecified atom stereocenters. The van der Waals surface area contributed by atoms with E-state index in [2.05, 4.69) is 114 Å². The van der Waals surface area contributed by atoms with Crippen molar-refractivity contribution in [1.82, 2.24) is 9.55 Å². The molecule has 4 heterocycles. The van der Waals surface area contributed by atoms with Crippen LogP contribution in [0.1, 0.15) is 34.6 Å². The molecular formula is C41H36N3O+. The third-order valence-electron chi connectivity index (χ3n) is 8.64. The lowest BCUT2D eigenvalue weighted by Crippen LogP contribution is -2.30. The maximum Gasteiger partial charge on any atom is 0.217 e. The number of para-hydroxylation sites is 2. The number of pyridine rings is 2. The quantitative estimate of drug-likeness (QED) is 0.192. The fourth-order valence-electron chi connectivity index (χ4n) is 6.62. The third-order valence-corrected chi connectivity index (χ3v) is 8.64. The summed E-state index contributed by atoms with van der Waals surface area (Å²) in [5.41, 5.74) is 10.1. The first-order chi connectivity index (χ1) is 22.5. The van der Waals surface area contributed by atoms with Crippen LogP contribution in [-0.4, -0.2) is 9.55 Å². The van der Waals surface area contributed by atoms with Gasteiger partial charge in [0, 0.05) is 59.9 Å². The van der Waals surface area contributed by atoms with Crippen molar-refractivity contribution in [3.63, 3.8) is 0 Å². The standard InChI is InChI=1S/C41H36N3O/c1-26-15-17-31-33-22-32-30-13-9-10-14-35(30)44(29-11-7-6-8-12-29)36(32)23-38(33)45-40(31)39(26)37-21-28(19-20-43(37)5)34-18-16-27(25-42-34)24-41(2,3)4/h6-23,25H,24H2,1-5H3/q+1/i24D2. The number of rotatable bonds is 4. The van der Waals surface area contributed by atoms with Crippen LogP contribution in [0.15, 0.2) is 120 Å². The van der Waals surface area contributed by atoms with Gasteiger partial charge in [0.05, 0.1) is 22.3 Å². The van der Waals surface area contributed by atoms with Crippen LogP contribution in [0.4, 0.5) is 0 Å². The molecule has 0 saturated carbocycles. The van der Waals surface area contributed by atoms with E-state index >= 15 is 0 Å². The maximum atomic E-state index is 8.66. The molecule has 0 N–H and O–H groups in total. The van der Waals surface area contributed by atoms with E-state index in [1.54, 1.807) is 6.20 Å².